The number of nitrogens with one attached hydrogen (secondary N) is 1. The van der Waals surface area contributed by atoms with Gasteiger partial charge in [-0.1, -0.05) is 0 Å². The average molecular weight is 307 g/mol. The van der Waals surface area contributed by atoms with Crippen LogP contribution in [0.1, 0.15) is 0 Å². The minimum Gasteiger partial charge on any atom is -0.324 e. The van der Waals surface area contributed by atoms with E-state index in [1.54, 1.807) is 49.1 Å². The molecule has 0 aliphatic rings. The van der Waals surface area contributed by atoms with E-state index in [2.05, 4.69) is 20.4 Å². The summed E-state index contributed by atoms with van der Waals surface area (Å²) in [5, 5.41) is 6.90. The van der Waals surface area contributed by atoms with E-state index in [0.29, 0.717) is 11.4 Å². The first-order chi connectivity index (χ1) is 11.2. The van der Waals surface area contributed by atoms with E-state index >= 15 is 0 Å². The number of hydrogen-bond donors (Lipinski definition) is 1. The third kappa shape index (κ3) is 3.65. The molecule has 0 atom stereocenters. The number of rotatable bonds is 4. The van der Waals surface area contributed by atoms with Crippen LogP contribution >= 0.6 is 0 Å². The number of anilines is 1. The molecule has 7 heteroatoms. The zero-order valence-corrected chi connectivity index (χ0v) is 12.1. The van der Waals surface area contributed by atoms with Crippen molar-refractivity contribution in [2.24, 2.45) is 0 Å². The third-order valence-corrected chi connectivity index (χ3v) is 3.08. The second kappa shape index (κ2) is 6.61. The molecular weight excluding hydrogens is 294 g/mol. The summed E-state index contributed by atoms with van der Waals surface area (Å²) in [5.74, 6) is -0.339. The lowest BCUT2D eigenvalue weighted by Gasteiger charge is -2.08. The Kier molecular flexibility index (Phi) is 4.19. The lowest BCUT2D eigenvalue weighted by molar-refractivity contribution is -0.117. The molecule has 0 saturated heterocycles. The van der Waals surface area contributed by atoms with Crippen LogP contribution in [0.4, 0.5) is 5.69 Å². The molecule has 3 aromatic rings. The molecule has 1 amide bonds. The van der Waals surface area contributed by atoms with Crippen LogP contribution in [0, 0.1) is 0 Å². The molecule has 0 fully saturated rings. The Morgan fingerprint density at radius 1 is 1.04 bits per heavy atom. The molecule has 0 radical (unpaired) electrons. The van der Waals surface area contributed by atoms with E-state index < -0.39 is 0 Å². The molecule has 0 saturated carbocycles. The summed E-state index contributed by atoms with van der Waals surface area (Å²) >= 11 is 0. The third-order valence-electron chi connectivity index (χ3n) is 3.08. The van der Waals surface area contributed by atoms with Crippen LogP contribution in [0.2, 0.25) is 0 Å². The predicted molar refractivity (Wildman–Crippen MR) is 84.6 cm³/mol. The van der Waals surface area contributed by atoms with Crippen LogP contribution < -0.4 is 10.9 Å². The van der Waals surface area contributed by atoms with Gasteiger partial charge < -0.3 is 5.32 Å². The van der Waals surface area contributed by atoms with Crippen molar-refractivity contribution >= 4 is 11.6 Å². The van der Waals surface area contributed by atoms with Gasteiger partial charge in [0.1, 0.15) is 6.54 Å². The van der Waals surface area contributed by atoms with Gasteiger partial charge in [0.2, 0.25) is 5.91 Å². The summed E-state index contributed by atoms with van der Waals surface area (Å²) in [6, 6.07) is 9.94. The standard InChI is InChI=1S/C16H13N5O2/c22-15(19-13-5-8-17-9-6-13)11-21-16(23)4-3-14(20-21)12-2-1-7-18-10-12/h1-10H,11H2,(H,17,19,22). The molecule has 0 spiro atoms. The SMILES string of the molecule is O=C(Cn1nc(-c2cccnc2)ccc1=O)Nc1ccncc1. The van der Waals surface area contributed by atoms with Gasteiger partial charge in [0.05, 0.1) is 5.69 Å². The van der Waals surface area contributed by atoms with Crippen LogP contribution in [0.3, 0.4) is 0 Å². The second-order valence-electron chi connectivity index (χ2n) is 4.74. The van der Waals surface area contributed by atoms with Gasteiger partial charge in [0.15, 0.2) is 0 Å². The monoisotopic (exact) mass is 307 g/mol. The van der Waals surface area contributed by atoms with Gasteiger partial charge in [0, 0.05) is 42.1 Å². The normalized spacial score (nSPS) is 10.3. The molecule has 0 bridgehead atoms. The minimum atomic E-state index is -0.345. The molecule has 7 nitrogen and oxygen atoms in total. The Hall–Kier alpha value is -3.35. The molecule has 114 valence electrons. The van der Waals surface area contributed by atoms with Crippen LogP contribution in [-0.4, -0.2) is 25.7 Å². The summed E-state index contributed by atoms with van der Waals surface area (Å²) < 4.78 is 1.12. The lowest BCUT2D eigenvalue weighted by Crippen LogP contribution is -2.29. The van der Waals surface area contributed by atoms with Gasteiger partial charge in [-0.25, -0.2) is 4.68 Å². The zero-order chi connectivity index (χ0) is 16.1. The highest BCUT2D eigenvalue weighted by Gasteiger charge is 2.08. The number of carbonyl (C=O) groups is 1. The van der Waals surface area contributed by atoms with E-state index in [1.165, 1.54) is 6.07 Å². The maximum Gasteiger partial charge on any atom is 0.267 e. The predicted octanol–water partition coefficient (Wildman–Crippen LogP) is 1.34. The van der Waals surface area contributed by atoms with Crippen LogP contribution in [0.15, 0.2) is 66.0 Å². The summed E-state index contributed by atoms with van der Waals surface area (Å²) in [4.78, 5) is 31.8. The smallest absolute Gasteiger partial charge is 0.267 e. The maximum absolute atomic E-state index is 12.0. The van der Waals surface area contributed by atoms with Crippen molar-refractivity contribution in [1.82, 2.24) is 19.7 Å². The Bertz CT molecular complexity index is 862. The molecule has 23 heavy (non-hydrogen) atoms. The maximum atomic E-state index is 12.0. The van der Waals surface area contributed by atoms with Gasteiger partial charge in [-0.3, -0.25) is 19.6 Å². The number of aromatic nitrogens is 4. The quantitative estimate of drug-likeness (QED) is 0.785. The van der Waals surface area contributed by atoms with Crippen molar-refractivity contribution in [2.45, 2.75) is 6.54 Å². The average Bonchev–Trinajstić information content (AvgIpc) is 2.58. The van der Waals surface area contributed by atoms with Crippen LogP contribution in [0.5, 0.6) is 0 Å². The largest absolute Gasteiger partial charge is 0.324 e. The van der Waals surface area contributed by atoms with Crippen molar-refractivity contribution in [3.8, 4) is 11.3 Å². The Balaban J connectivity index is 1.80. The number of amides is 1. The number of pyridine rings is 2. The van der Waals surface area contributed by atoms with Gasteiger partial charge in [-0.05, 0) is 30.3 Å². The van der Waals surface area contributed by atoms with Crippen molar-refractivity contribution in [3.63, 3.8) is 0 Å². The highest BCUT2D eigenvalue weighted by atomic mass is 16.2. The van der Waals surface area contributed by atoms with Crippen molar-refractivity contribution < 1.29 is 4.79 Å². The summed E-state index contributed by atoms with van der Waals surface area (Å²) in [6.07, 6.45) is 6.45. The molecule has 3 heterocycles. The van der Waals surface area contributed by atoms with E-state index in [4.69, 9.17) is 0 Å². The molecular formula is C16H13N5O2. The first kappa shape index (κ1) is 14.6. The summed E-state index contributed by atoms with van der Waals surface area (Å²) in [7, 11) is 0. The highest BCUT2D eigenvalue weighted by Crippen LogP contribution is 2.12. The molecule has 1 N–H and O–H groups in total. The van der Waals surface area contributed by atoms with E-state index in [-0.39, 0.29) is 18.0 Å². The van der Waals surface area contributed by atoms with Crippen LogP contribution in [0.25, 0.3) is 11.3 Å². The number of carbonyl (C=O) groups excluding carboxylic acids is 1. The molecule has 0 aliphatic carbocycles. The topological polar surface area (TPSA) is 89.8 Å². The van der Waals surface area contributed by atoms with Crippen molar-refractivity contribution in [3.05, 3.63) is 71.5 Å². The highest BCUT2D eigenvalue weighted by molar-refractivity contribution is 5.90. The fraction of sp³-hybridized carbons (Fsp3) is 0.0625. The zero-order valence-electron chi connectivity index (χ0n) is 12.1. The van der Waals surface area contributed by atoms with Gasteiger partial charge in [0.25, 0.3) is 5.56 Å². The van der Waals surface area contributed by atoms with Gasteiger partial charge in [-0.15, -0.1) is 0 Å². The Morgan fingerprint density at radius 3 is 2.61 bits per heavy atom. The molecule has 0 aliphatic heterocycles. The number of hydrogen-bond acceptors (Lipinski definition) is 5. The number of nitrogens with zero attached hydrogens (tertiary/aromatic N) is 4. The lowest BCUT2D eigenvalue weighted by atomic mass is 10.2. The molecule has 0 aromatic carbocycles. The summed E-state index contributed by atoms with van der Waals surface area (Å²) in [6.45, 7) is -0.171. The van der Waals surface area contributed by atoms with E-state index in [9.17, 15) is 9.59 Å². The Labute approximate surface area is 131 Å². The first-order valence-corrected chi connectivity index (χ1v) is 6.91. The van der Waals surface area contributed by atoms with Gasteiger partial charge in [-0.2, -0.15) is 5.10 Å². The van der Waals surface area contributed by atoms with Crippen molar-refractivity contribution in [2.75, 3.05) is 5.32 Å². The van der Waals surface area contributed by atoms with E-state index in [1.807, 2.05) is 6.07 Å². The first-order valence-electron chi connectivity index (χ1n) is 6.91. The van der Waals surface area contributed by atoms with Crippen LogP contribution in [-0.2, 0) is 11.3 Å². The second-order valence-corrected chi connectivity index (χ2v) is 4.74. The molecule has 0 unspecified atom stereocenters. The summed E-state index contributed by atoms with van der Waals surface area (Å²) in [5.41, 5.74) is 1.62. The fourth-order valence-electron chi connectivity index (χ4n) is 2.00. The minimum absolute atomic E-state index is 0.171. The molecule has 3 rings (SSSR count). The van der Waals surface area contributed by atoms with E-state index in [0.717, 1.165) is 10.2 Å². The Morgan fingerprint density at radius 2 is 1.87 bits per heavy atom. The van der Waals surface area contributed by atoms with Crippen molar-refractivity contribution in [1.29, 1.82) is 0 Å². The van der Waals surface area contributed by atoms with Gasteiger partial charge >= 0.3 is 0 Å². The molecule has 3 aromatic heterocycles. The fourth-order valence-corrected chi connectivity index (χ4v) is 2.00.